The highest BCUT2D eigenvalue weighted by Crippen LogP contribution is 2.48. The van der Waals surface area contributed by atoms with Crippen molar-refractivity contribution in [3.05, 3.63) is 218 Å². The Hall–Kier alpha value is -7.62. The zero-order valence-corrected chi connectivity index (χ0v) is 31.1. The number of furan rings is 1. The van der Waals surface area contributed by atoms with E-state index in [1.54, 1.807) is 0 Å². The lowest BCUT2D eigenvalue weighted by Crippen LogP contribution is -2.09. The minimum absolute atomic E-state index is 0.872. The summed E-state index contributed by atoms with van der Waals surface area (Å²) in [5, 5.41) is 4.66. The average Bonchev–Trinajstić information content (AvgIpc) is 3.83. The smallest absolute Gasteiger partial charge is 0.138 e. The minimum Gasteiger partial charge on any atom is -0.456 e. The Balaban J connectivity index is 1.20. The molecule has 3 heteroatoms. The van der Waals surface area contributed by atoms with Gasteiger partial charge in [0, 0.05) is 61.5 Å². The summed E-state index contributed by atoms with van der Waals surface area (Å²) in [6.45, 7) is 0. The summed E-state index contributed by atoms with van der Waals surface area (Å²) in [5.74, 6) is 0. The summed E-state index contributed by atoms with van der Waals surface area (Å²) in [7, 11) is 0. The number of anilines is 3. The maximum atomic E-state index is 6.71. The van der Waals surface area contributed by atoms with Crippen LogP contribution in [-0.4, -0.2) is 4.57 Å². The van der Waals surface area contributed by atoms with Crippen LogP contribution in [0.2, 0.25) is 0 Å². The van der Waals surface area contributed by atoms with E-state index >= 15 is 0 Å². The van der Waals surface area contributed by atoms with E-state index in [4.69, 9.17) is 4.42 Å². The molecule has 11 aromatic rings. The van der Waals surface area contributed by atoms with Crippen molar-refractivity contribution in [1.29, 1.82) is 0 Å². The number of nitrogens with zero attached hydrogens (tertiary/aromatic N) is 2. The second kappa shape index (κ2) is 13.6. The highest BCUT2D eigenvalue weighted by atomic mass is 16.3. The molecule has 0 aliphatic rings. The number of aromatic nitrogens is 1. The fourth-order valence-corrected chi connectivity index (χ4v) is 8.65. The zero-order chi connectivity index (χ0) is 37.7. The van der Waals surface area contributed by atoms with E-state index in [2.05, 4.69) is 222 Å². The third kappa shape index (κ3) is 5.51. The van der Waals surface area contributed by atoms with E-state index in [0.29, 0.717) is 0 Å². The van der Waals surface area contributed by atoms with Gasteiger partial charge in [-0.25, -0.2) is 0 Å². The Bertz CT molecular complexity index is 3140. The molecule has 2 heterocycles. The Morgan fingerprint density at radius 2 is 0.895 bits per heavy atom. The molecule has 9 aromatic carbocycles. The van der Waals surface area contributed by atoms with Crippen LogP contribution in [0.3, 0.4) is 0 Å². The first kappa shape index (κ1) is 32.8. The minimum atomic E-state index is 0.872. The summed E-state index contributed by atoms with van der Waals surface area (Å²) in [4.78, 5) is 2.31. The molecule has 0 bridgehead atoms. The molecule has 0 N–H and O–H groups in total. The van der Waals surface area contributed by atoms with Crippen molar-refractivity contribution in [2.45, 2.75) is 0 Å². The first-order chi connectivity index (χ1) is 28.3. The van der Waals surface area contributed by atoms with Crippen molar-refractivity contribution in [1.82, 2.24) is 4.57 Å². The van der Waals surface area contributed by atoms with Crippen LogP contribution in [0, 0.1) is 0 Å². The fraction of sp³-hybridized carbons (Fsp3) is 0. The van der Waals surface area contributed by atoms with Crippen molar-refractivity contribution < 1.29 is 4.42 Å². The predicted octanol–water partition coefficient (Wildman–Crippen LogP) is 15.2. The molecule has 0 unspecified atom stereocenters. The third-order valence-electron chi connectivity index (χ3n) is 11.2. The molecule has 0 atom stereocenters. The third-order valence-corrected chi connectivity index (χ3v) is 11.2. The number of para-hydroxylation sites is 4. The molecule has 268 valence electrons. The van der Waals surface area contributed by atoms with Gasteiger partial charge in [-0.1, -0.05) is 158 Å². The van der Waals surface area contributed by atoms with Gasteiger partial charge >= 0.3 is 0 Å². The van der Waals surface area contributed by atoms with Gasteiger partial charge < -0.3 is 13.9 Å². The second-order valence-electron chi connectivity index (χ2n) is 14.5. The number of fused-ring (bicyclic) bond motifs is 6. The summed E-state index contributed by atoms with van der Waals surface area (Å²) in [5.41, 5.74) is 15.5. The average molecular weight is 729 g/mol. The standard InChI is InChI=1S/C54H36N2O/c1-5-16-37(17-6-1)38-28-30-39(31-29-38)45-25-15-26-47-52-48(36-50-53(46-24-13-14-27-49(46)57-50)51(52)40-18-7-2-8-19-40)56(54(45)47)44-34-32-43(33-35-44)55(41-20-9-3-10-21-41)42-22-11-4-12-23-42/h1-36H. The molecule has 0 aliphatic carbocycles. The molecule has 0 fully saturated rings. The maximum Gasteiger partial charge on any atom is 0.138 e. The summed E-state index contributed by atoms with van der Waals surface area (Å²) in [6, 6.07) is 77.9. The van der Waals surface area contributed by atoms with Crippen molar-refractivity contribution in [2.24, 2.45) is 0 Å². The van der Waals surface area contributed by atoms with Gasteiger partial charge in [0.25, 0.3) is 0 Å². The van der Waals surface area contributed by atoms with Gasteiger partial charge in [-0.05, 0) is 76.9 Å². The van der Waals surface area contributed by atoms with E-state index in [-0.39, 0.29) is 0 Å². The Morgan fingerprint density at radius 3 is 1.56 bits per heavy atom. The van der Waals surface area contributed by atoms with Gasteiger partial charge in [0.15, 0.2) is 0 Å². The Kier molecular flexibility index (Phi) is 7.82. The van der Waals surface area contributed by atoms with Crippen LogP contribution in [-0.2, 0) is 0 Å². The van der Waals surface area contributed by atoms with Crippen LogP contribution in [0.1, 0.15) is 0 Å². The van der Waals surface area contributed by atoms with Gasteiger partial charge in [-0.3, -0.25) is 0 Å². The van der Waals surface area contributed by atoms with Crippen LogP contribution in [0.4, 0.5) is 17.1 Å². The first-order valence-electron chi connectivity index (χ1n) is 19.4. The molecular weight excluding hydrogens is 693 g/mol. The monoisotopic (exact) mass is 728 g/mol. The molecule has 0 amide bonds. The van der Waals surface area contributed by atoms with Crippen molar-refractivity contribution in [3.63, 3.8) is 0 Å². The molecule has 57 heavy (non-hydrogen) atoms. The van der Waals surface area contributed by atoms with Crippen molar-refractivity contribution in [3.8, 4) is 39.1 Å². The number of hydrogen-bond donors (Lipinski definition) is 0. The van der Waals surface area contributed by atoms with Crippen LogP contribution in [0.15, 0.2) is 223 Å². The molecule has 11 rings (SSSR count). The molecular formula is C54H36N2O. The van der Waals surface area contributed by atoms with Crippen LogP contribution >= 0.6 is 0 Å². The van der Waals surface area contributed by atoms with Crippen LogP contribution < -0.4 is 4.90 Å². The lowest BCUT2D eigenvalue weighted by molar-refractivity contribution is 0.669. The van der Waals surface area contributed by atoms with E-state index in [0.717, 1.165) is 66.8 Å². The van der Waals surface area contributed by atoms with E-state index in [1.807, 2.05) is 6.07 Å². The normalized spacial score (nSPS) is 11.5. The van der Waals surface area contributed by atoms with E-state index in [9.17, 15) is 0 Å². The quantitative estimate of drug-likeness (QED) is 0.163. The highest BCUT2D eigenvalue weighted by molar-refractivity contribution is 6.28. The molecule has 0 radical (unpaired) electrons. The van der Waals surface area contributed by atoms with Gasteiger partial charge in [0.05, 0.1) is 11.0 Å². The largest absolute Gasteiger partial charge is 0.456 e. The molecule has 2 aromatic heterocycles. The van der Waals surface area contributed by atoms with Gasteiger partial charge in [0.1, 0.15) is 11.2 Å². The van der Waals surface area contributed by atoms with Crippen LogP contribution in [0.25, 0.3) is 82.8 Å². The second-order valence-corrected chi connectivity index (χ2v) is 14.5. The molecule has 0 spiro atoms. The number of hydrogen-bond acceptors (Lipinski definition) is 2. The van der Waals surface area contributed by atoms with Gasteiger partial charge in [-0.2, -0.15) is 0 Å². The molecule has 3 nitrogen and oxygen atoms in total. The number of rotatable bonds is 7. The Labute approximate surface area is 330 Å². The number of benzene rings is 9. The topological polar surface area (TPSA) is 21.3 Å². The molecule has 0 aliphatic heterocycles. The summed E-state index contributed by atoms with van der Waals surface area (Å²) < 4.78 is 9.16. The van der Waals surface area contributed by atoms with Gasteiger partial charge in [-0.15, -0.1) is 0 Å². The Morgan fingerprint density at radius 1 is 0.368 bits per heavy atom. The van der Waals surface area contributed by atoms with Crippen molar-refractivity contribution in [2.75, 3.05) is 4.90 Å². The van der Waals surface area contributed by atoms with Crippen molar-refractivity contribution >= 4 is 60.8 Å². The summed E-state index contributed by atoms with van der Waals surface area (Å²) in [6.07, 6.45) is 0. The summed E-state index contributed by atoms with van der Waals surface area (Å²) >= 11 is 0. The zero-order valence-electron chi connectivity index (χ0n) is 31.1. The highest BCUT2D eigenvalue weighted by Gasteiger charge is 2.24. The maximum absolute atomic E-state index is 6.71. The lowest BCUT2D eigenvalue weighted by Gasteiger charge is -2.25. The molecule has 0 saturated heterocycles. The van der Waals surface area contributed by atoms with E-state index < -0.39 is 0 Å². The van der Waals surface area contributed by atoms with E-state index in [1.165, 1.54) is 33.0 Å². The first-order valence-corrected chi connectivity index (χ1v) is 19.4. The fourth-order valence-electron chi connectivity index (χ4n) is 8.65. The lowest BCUT2D eigenvalue weighted by atomic mass is 9.93. The SMILES string of the molecule is c1ccc(-c2ccc(-c3cccc4c5c(-c6ccccc6)c6c(cc5n(-c5ccc(N(c7ccccc7)c7ccccc7)cc5)c34)oc3ccccc36)cc2)cc1. The molecule has 0 saturated carbocycles. The predicted molar refractivity (Wildman–Crippen MR) is 239 cm³/mol. The van der Waals surface area contributed by atoms with Crippen LogP contribution in [0.5, 0.6) is 0 Å². The van der Waals surface area contributed by atoms with Gasteiger partial charge in [0.2, 0.25) is 0 Å².